The molecule has 2 heterocycles. The van der Waals surface area contributed by atoms with Crippen LogP contribution in [0.3, 0.4) is 0 Å². The molecule has 29 heavy (non-hydrogen) atoms. The van der Waals surface area contributed by atoms with Crippen LogP contribution in [0.5, 0.6) is 0 Å². The minimum absolute atomic E-state index is 0.127. The van der Waals surface area contributed by atoms with Crippen molar-refractivity contribution in [3.8, 4) is 11.6 Å². The van der Waals surface area contributed by atoms with Gasteiger partial charge in [0.05, 0.1) is 11.5 Å². The Balaban J connectivity index is 1.78. The Bertz CT molecular complexity index is 1010. The van der Waals surface area contributed by atoms with E-state index in [0.29, 0.717) is 23.3 Å². The van der Waals surface area contributed by atoms with E-state index < -0.39 is 11.2 Å². The monoisotopic (exact) mass is 413 g/mol. The molecule has 0 radical (unpaired) electrons. The van der Waals surface area contributed by atoms with Crippen molar-refractivity contribution >= 4 is 29.3 Å². The van der Waals surface area contributed by atoms with Gasteiger partial charge >= 0.3 is 0 Å². The number of benzene rings is 1. The summed E-state index contributed by atoms with van der Waals surface area (Å²) in [5.74, 6) is 0.440. The molecule has 8 nitrogen and oxygen atoms in total. The van der Waals surface area contributed by atoms with Crippen LogP contribution in [-0.4, -0.2) is 31.8 Å². The van der Waals surface area contributed by atoms with Gasteiger partial charge in [-0.25, -0.2) is 0 Å². The van der Waals surface area contributed by atoms with Crippen LogP contribution in [0.15, 0.2) is 46.2 Å². The number of nitrogens with one attached hydrogen (secondary N) is 1. The van der Waals surface area contributed by atoms with Crippen molar-refractivity contribution in [2.75, 3.05) is 5.32 Å². The third kappa shape index (κ3) is 5.05. The first-order valence-corrected chi connectivity index (χ1v) is 10.0. The van der Waals surface area contributed by atoms with Gasteiger partial charge in [-0.15, -0.1) is 10.2 Å². The van der Waals surface area contributed by atoms with E-state index in [0.717, 1.165) is 16.8 Å². The molecule has 0 spiro atoms. The number of anilines is 1. The zero-order valence-electron chi connectivity index (χ0n) is 16.5. The van der Waals surface area contributed by atoms with Gasteiger partial charge in [-0.3, -0.25) is 14.2 Å². The summed E-state index contributed by atoms with van der Waals surface area (Å²) in [6.07, 6.45) is 1.66. The number of aromatic nitrogens is 3. The molecule has 0 fully saturated rings. The third-order valence-corrected chi connectivity index (χ3v) is 5.42. The topological polar surface area (TPSA) is 116 Å². The minimum Gasteiger partial charge on any atom is -0.461 e. The molecule has 0 aliphatic rings. The van der Waals surface area contributed by atoms with Crippen LogP contribution in [-0.2, 0) is 16.1 Å². The molecule has 2 aromatic heterocycles. The summed E-state index contributed by atoms with van der Waals surface area (Å²) in [5, 5.41) is 11.4. The van der Waals surface area contributed by atoms with Crippen LogP contribution in [0, 0.1) is 13.8 Å². The molecule has 1 atom stereocenters. The Morgan fingerprint density at radius 2 is 2.07 bits per heavy atom. The second-order valence-corrected chi connectivity index (χ2v) is 8.03. The van der Waals surface area contributed by atoms with E-state index in [4.69, 9.17) is 10.2 Å². The molecule has 152 valence electrons. The average Bonchev–Trinajstić information content (AvgIpc) is 3.32. The van der Waals surface area contributed by atoms with Crippen LogP contribution in [0.1, 0.15) is 24.5 Å². The Morgan fingerprint density at radius 1 is 1.28 bits per heavy atom. The molecular weight excluding hydrogens is 390 g/mol. The predicted octanol–water partition coefficient (Wildman–Crippen LogP) is 3.15. The molecule has 3 rings (SSSR count). The van der Waals surface area contributed by atoms with Crippen LogP contribution >= 0.6 is 11.8 Å². The number of thioether (sulfide) groups is 1. The highest BCUT2D eigenvalue weighted by Gasteiger charge is 2.22. The van der Waals surface area contributed by atoms with E-state index in [1.807, 2.05) is 32.0 Å². The predicted molar refractivity (Wildman–Crippen MR) is 111 cm³/mol. The second kappa shape index (κ2) is 8.95. The van der Waals surface area contributed by atoms with Crippen molar-refractivity contribution < 1.29 is 14.0 Å². The van der Waals surface area contributed by atoms with Crippen molar-refractivity contribution in [2.45, 2.75) is 44.1 Å². The van der Waals surface area contributed by atoms with Gasteiger partial charge in [0.15, 0.2) is 16.7 Å². The summed E-state index contributed by atoms with van der Waals surface area (Å²) < 4.78 is 7.15. The summed E-state index contributed by atoms with van der Waals surface area (Å²) in [7, 11) is 0. The van der Waals surface area contributed by atoms with E-state index in [-0.39, 0.29) is 12.3 Å². The van der Waals surface area contributed by atoms with Crippen molar-refractivity contribution in [1.29, 1.82) is 0 Å². The Kier molecular flexibility index (Phi) is 6.38. The highest BCUT2D eigenvalue weighted by molar-refractivity contribution is 8.00. The molecule has 9 heteroatoms. The number of hydrogen-bond donors (Lipinski definition) is 2. The van der Waals surface area contributed by atoms with Gasteiger partial charge in [-0.05, 0) is 50.1 Å². The molecule has 0 saturated heterocycles. The van der Waals surface area contributed by atoms with E-state index in [2.05, 4.69) is 15.5 Å². The van der Waals surface area contributed by atoms with Crippen molar-refractivity contribution in [3.05, 3.63) is 47.7 Å². The maximum atomic E-state index is 12.7. The lowest BCUT2D eigenvalue weighted by atomic mass is 10.1. The summed E-state index contributed by atoms with van der Waals surface area (Å²) in [5.41, 5.74) is 8.15. The van der Waals surface area contributed by atoms with Gasteiger partial charge < -0.3 is 15.5 Å². The van der Waals surface area contributed by atoms with Crippen molar-refractivity contribution in [3.63, 3.8) is 0 Å². The molecule has 0 aliphatic heterocycles. The molecule has 3 aromatic rings. The molecule has 0 saturated carbocycles. The fraction of sp³-hybridized carbons (Fsp3) is 0.300. The molecule has 3 N–H and O–H groups in total. The standard InChI is InChI=1S/C20H23N5O3S/c1-12-6-7-13(2)15(11-12)22-19(27)14(3)29-20-24-23-18(16-5-4-10-28-16)25(20)9-8-17(21)26/h4-7,10-11,14H,8-9H2,1-3H3,(H2,21,26)(H,22,27)/t14-/m1/s1. The van der Waals surface area contributed by atoms with Crippen LogP contribution < -0.4 is 11.1 Å². The SMILES string of the molecule is Cc1ccc(C)c(NC(=O)[C@@H](C)Sc2nnc(-c3ccco3)n2CCC(N)=O)c1. The van der Waals surface area contributed by atoms with Gasteiger partial charge in [-0.1, -0.05) is 23.9 Å². The van der Waals surface area contributed by atoms with Crippen molar-refractivity contribution in [2.24, 2.45) is 5.73 Å². The molecular formula is C20H23N5O3S. The first-order chi connectivity index (χ1) is 13.8. The van der Waals surface area contributed by atoms with Gasteiger partial charge in [0.2, 0.25) is 11.8 Å². The number of nitrogens with zero attached hydrogens (tertiary/aromatic N) is 3. The second-order valence-electron chi connectivity index (χ2n) is 6.72. The number of carbonyl (C=O) groups is 2. The number of primary amides is 1. The van der Waals surface area contributed by atoms with E-state index >= 15 is 0 Å². The van der Waals surface area contributed by atoms with Crippen LogP contribution in [0.4, 0.5) is 5.69 Å². The normalized spacial score (nSPS) is 12.0. The first kappa shape index (κ1) is 20.7. The molecule has 0 bridgehead atoms. The van der Waals surface area contributed by atoms with E-state index in [1.54, 1.807) is 23.6 Å². The van der Waals surface area contributed by atoms with Crippen LogP contribution in [0.2, 0.25) is 0 Å². The summed E-state index contributed by atoms with van der Waals surface area (Å²) in [6.45, 7) is 6.02. The largest absolute Gasteiger partial charge is 0.461 e. The quantitative estimate of drug-likeness (QED) is 0.548. The van der Waals surface area contributed by atoms with Crippen molar-refractivity contribution in [1.82, 2.24) is 14.8 Å². The molecule has 0 aliphatic carbocycles. The fourth-order valence-electron chi connectivity index (χ4n) is 2.70. The lowest BCUT2D eigenvalue weighted by molar-refractivity contribution is -0.118. The number of amides is 2. The zero-order chi connectivity index (χ0) is 21.0. The Morgan fingerprint density at radius 3 is 2.76 bits per heavy atom. The maximum Gasteiger partial charge on any atom is 0.237 e. The highest BCUT2D eigenvalue weighted by Crippen LogP contribution is 2.28. The zero-order valence-corrected chi connectivity index (χ0v) is 17.3. The Labute approximate surface area is 172 Å². The van der Waals surface area contributed by atoms with Gasteiger partial charge in [-0.2, -0.15) is 0 Å². The summed E-state index contributed by atoms with van der Waals surface area (Å²) in [6, 6.07) is 9.42. The molecule has 1 aromatic carbocycles. The van der Waals surface area contributed by atoms with Gasteiger partial charge in [0, 0.05) is 18.7 Å². The van der Waals surface area contributed by atoms with E-state index in [9.17, 15) is 9.59 Å². The van der Waals surface area contributed by atoms with E-state index in [1.165, 1.54) is 18.0 Å². The number of carbonyl (C=O) groups excluding carboxylic acids is 2. The van der Waals surface area contributed by atoms with Gasteiger partial charge in [0.25, 0.3) is 0 Å². The maximum absolute atomic E-state index is 12.7. The minimum atomic E-state index is -0.434. The number of aryl methyl sites for hydroxylation is 2. The number of rotatable bonds is 8. The number of nitrogens with two attached hydrogens (primary N) is 1. The average molecular weight is 414 g/mol. The van der Waals surface area contributed by atoms with Gasteiger partial charge in [0.1, 0.15) is 0 Å². The van der Waals surface area contributed by atoms with Crippen LogP contribution in [0.25, 0.3) is 11.6 Å². The lowest BCUT2D eigenvalue weighted by Crippen LogP contribution is -2.23. The highest BCUT2D eigenvalue weighted by atomic mass is 32.2. The molecule has 0 unspecified atom stereocenters. The molecule has 2 amide bonds. The first-order valence-electron chi connectivity index (χ1n) is 9.15. The third-order valence-electron chi connectivity index (χ3n) is 4.34. The lowest BCUT2D eigenvalue weighted by Gasteiger charge is -2.14. The smallest absolute Gasteiger partial charge is 0.237 e. The Hall–Kier alpha value is -3.07. The number of furan rings is 1. The summed E-state index contributed by atoms with van der Waals surface area (Å²) >= 11 is 1.26. The summed E-state index contributed by atoms with van der Waals surface area (Å²) in [4.78, 5) is 24.0. The fourth-order valence-corrected chi connectivity index (χ4v) is 3.58. The number of hydrogen-bond acceptors (Lipinski definition) is 6.